The Morgan fingerprint density at radius 2 is 1.69 bits per heavy atom. The Morgan fingerprint density at radius 3 is 2.38 bits per heavy atom. The highest BCUT2D eigenvalue weighted by molar-refractivity contribution is 6.20. The van der Waals surface area contributed by atoms with Gasteiger partial charge < -0.3 is 0 Å². The van der Waals surface area contributed by atoms with Gasteiger partial charge in [-0.15, -0.1) is 11.6 Å². The van der Waals surface area contributed by atoms with E-state index in [0.29, 0.717) is 5.38 Å². The van der Waals surface area contributed by atoms with Crippen molar-refractivity contribution >= 4 is 11.6 Å². The van der Waals surface area contributed by atoms with Gasteiger partial charge in [-0.2, -0.15) is 0 Å². The van der Waals surface area contributed by atoms with Crippen LogP contribution in [0.1, 0.15) is 44.9 Å². The second kappa shape index (κ2) is 4.65. The molecular weight excluding hydrogens is 182 g/mol. The molecule has 0 aromatic heterocycles. The quantitative estimate of drug-likeness (QED) is 0.590. The Balaban J connectivity index is 1.83. The van der Waals surface area contributed by atoms with Crippen molar-refractivity contribution in [2.75, 3.05) is 13.1 Å². The van der Waals surface area contributed by atoms with Crippen LogP contribution in [0.25, 0.3) is 0 Å². The van der Waals surface area contributed by atoms with Gasteiger partial charge in [-0.3, -0.25) is 4.90 Å². The number of hydrogen-bond donors (Lipinski definition) is 0. The number of hydrogen-bond acceptors (Lipinski definition) is 1. The number of nitrogens with zero attached hydrogens (tertiary/aromatic N) is 1. The lowest BCUT2D eigenvalue weighted by atomic mass is 9.93. The van der Waals surface area contributed by atoms with Crippen LogP contribution in [0.3, 0.4) is 0 Å². The van der Waals surface area contributed by atoms with Crippen LogP contribution in [0.2, 0.25) is 0 Å². The number of rotatable bonds is 1. The summed E-state index contributed by atoms with van der Waals surface area (Å²) in [5.74, 6) is 0. The van der Waals surface area contributed by atoms with E-state index >= 15 is 0 Å². The van der Waals surface area contributed by atoms with Gasteiger partial charge in [0.05, 0.1) is 0 Å². The number of piperidine rings is 1. The average Bonchev–Trinajstić information content (AvgIpc) is 2.19. The summed E-state index contributed by atoms with van der Waals surface area (Å²) in [4.78, 5) is 2.64. The second-order valence-corrected chi connectivity index (χ2v) is 5.14. The maximum absolute atomic E-state index is 6.19. The van der Waals surface area contributed by atoms with E-state index in [-0.39, 0.29) is 0 Å². The van der Waals surface area contributed by atoms with E-state index in [1.807, 2.05) is 0 Å². The molecule has 0 aromatic rings. The standard InChI is InChI=1S/C11H20ClN/c12-10-5-4-8-13(9-10)11-6-2-1-3-7-11/h10-11H,1-9H2. The highest BCUT2D eigenvalue weighted by Gasteiger charge is 2.25. The van der Waals surface area contributed by atoms with Gasteiger partial charge in [0.25, 0.3) is 0 Å². The topological polar surface area (TPSA) is 3.24 Å². The van der Waals surface area contributed by atoms with Crippen LogP contribution >= 0.6 is 11.6 Å². The first kappa shape index (κ1) is 9.79. The molecule has 0 spiro atoms. The zero-order valence-corrected chi connectivity index (χ0v) is 9.10. The highest BCUT2D eigenvalue weighted by atomic mass is 35.5. The van der Waals surface area contributed by atoms with Crippen LogP contribution in [0.5, 0.6) is 0 Å². The molecule has 1 unspecified atom stereocenters. The van der Waals surface area contributed by atoms with Crippen LogP contribution in [0.4, 0.5) is 0 Å². The zero-order chi connectivity index (χ0) is 9.10. The smallest absolute Gasteiger partial charge is 0.0463 e. The van der Waals surface area contributed by atoms with Crippen LogP contribution in [-0.2, 0) is 0 Å². The minimum absolute atomic E-state index is 0.427. The zero-order valence-electron chi connectivity index (χ0n) is 8.34. The molecule has 76 valence electrons. The lowest BCUT2D eigenvalue weighted by Gasteiger charge is -2.38. The van der Waals surface area contributed by atoms with Crippen LogP contribution < -0.4 is 0 Å². The third-order valence-corrected chi connectivity index (χ3v) is 3.84. The van der Waals surface area contributed by atoms with Gasteiger partial charge in [0, 0.05) is 18.0 Å². The lowest BCUT2D eigenvalue weighted by molar-refractivity contribution is 0.133. The van der Waals surface area contributed by atoms with Gasteiger partial charge in [-0.1, -0.05) is 19.3 Å². The predicted molar refractivity (Wildman–Crippen MR) is 57.3 cm³/mol. The molecule has 2 rings (SSSR count). The Kier molecular flexibility index (Phi) is 3.51. The van der Waals surface area contributed by atoms with Crippen molar-refractivity contribution in [1.29, 1.82) is 0 Å². The van der Waals surface area contributed by atoms with Crippen LogP contribution in [0.15, 0.2) is 0 Å². The first-order valence-electron chi connectivity index (χ1n) is 5.74. The van der Waals surface area contributed by atoms with Crippen molar-refractivity contribution in [3.05, 3.63) is 0 Å². The summed E-state index contributed by atoms with van der Waals surface area (Å²) in [5, 5.41) is 0.427. The molecule has 2 aliphatic rings. The molecule has 1 saturated carbocycles. The molecule has 0 aromatic carbocycles. The molecule has 1 atom stereocenters. The van der Waals surface area contributed by atoms with Gasteiger partial charge in [0.15, 0.2) is 0 Å². The van der Waals surface area contributed by atoms with E-state index < -0.39 is 0 Å². The second-order valence-electron chi connectivity index (χ2n) is 4.53. The summed E-state index contributed by atoms with van der Waals surface area (Å²) < 4.78 is 0. The lowest BCUT2D eigenvalue weighted by Crippen LogP contribution is -2.43. The average molecular weight is 202 g/mol. The minimum atomic E-state index is 0.427. The van der Waals surface area contributed by atoms with E-state index in [9.17, 15) is 0 Å². The molecule has 0 N–H and O–H groups in total. The summed E-state index contributed by atoms with van der Waals surface area (Å²) in [7, 11) is 0. The fourth-order valence-corrected chi connectivity index (χ4v) is 3.06. The number of alkyl halides is 1. The van der Waals surface area contributed by atoms with Gasteiger partial charge in [0.2, 0.25) is 0 Å². The Hall–Kier alpha value is 0.250. The van der Waals surface area contributed by atoms with Crippen LogP contribution in [-0.4, -0.2) is 29.4 Å². The van der Waals surface area contributed by atoms with E-state index in [1.54, 1.807) is 0 Å². The van der Waals surface area contributed by atoms with E-state index in [4.69, 9.17) is 11.6 Å². The van der Waals surface area contributed by atoms with Crippen molar-refractivity contribution in [3.63, 3.8) is 0 Å². The molecule has 1 saturated heterocycles. The molecular formula is C11H20ClN. The van der Waals surface area contributed by atoms with E-state index in [0.717, 1.165) is 12.6 Å². The molecule has 1 aliphatic carbocycles. The fraction of sp³-hybridized carbons (Fsp3) is 1.00. The molecule has 0 radical (unpaired) electrons. The summed E-state index contributed by atoms with van der Waals surface area (Å²) in [6.07, 6.45) is 9.71. The van der Waals surface area contributed by atoms with Crippen molar-refractivity contribution < 1.29 is 0 Å². The van der Waals surface area contributed by atoms with Gasteiger partial charge in [0.1, 0.15) is 0 Å². The van der Waals surface area contributed by atoms with Crippen molar-refractivity contribution in [3.8, 4) is 0 Å². The Morgan fingerprint density at radius 1 is 0.923 bits per heavy atom. The molecule has 2 heteroatoms. The van der Waals surface area contributed by atoms with Crippen molar-refractivity contribution in [2.45, 2.75) is 56.4 Å². The Bertz CT molecular complexity index is 154. The molecule has 1 nitrogen and oxygen atoms in total. The van der Waals surface area contributed by atoms with Gasteiger partial charge >= 0.3 is 0 Å². The van der Waals surface area contributed by atoms with E-state index in [1.165, 1.54) is 51.5 Å². The van der Waals surface area contributed by atoms with Crippen molar-refractivity contribution in [2.24, 2.45) is 0 Å². The largest absolute Gasteiger partial charge is 0.299 e. The molecule has 0 amide bonds. The first-order valence-corrected chi connectivity index (χ1v) is 6.18. The predicted octanol–water partition coefficient (Wildman–Crippen LogP) is 3.02. The summed E-state index contributed by atoms with van der Waals surface area (Å²) in [6.45, 7) is 2.44. The normalized spacial score (nSPS) is 33.5. The third-order valence-electron chi connectivity index (χ3n) is 3.49. The number of likely N-dealkylation sites (tertiary alicyclic amines) is 1. The molecule has 1 heterocycles. The highest BCUT2D eigenvalue weighted by Crippen LogP contribution is 2.26. The minimum Gasteiger partial charge on any atom is -0.299 e. The summed E-state index contributed by atoms with van der Waals surface area (Å²) in [5.41, 5.74) is 0. The first-order chi connectivity index (χ1) is 6.36. The van der Waals surface area contributed by atoms with Gasteiger partial charge in [-0.05, 0) is 32.2 Å². The number of halogens is 1. The van der Waals surface area contributed by atoms with Crippen molar-refractivity contribution in [1.82, 2.24) is 4.90 Å². The maximum atomic E-state index is 6.19. The third kappa shape index (κ3) is 2.60. The molecule has 2 fully saturated rings. The monoisotopic (exact) mass is 201 g/mol. The summed E-state index contributed by atoms with van der Waals surface area (Å²) in [6, 6.07) is 0.871. The Labute approximate surface area is 86.4 Å². The fourth-order valence-electron chi connectivity index (χ4n) is 2.73. The van der Waals surface area contributed by atoms with Crippen LogP contribution in [0, 0.1) is 0 Å². The molecule has 13 heavy (non-hydrogen) atoms. The summed E-state index contributed by atoms with van der Waals surface area (Å²) >= 11 is 6.19. The molecule has 0 bridgehead atoms. The van der Waals surface area contributed by atoms with E-state index in [2.05, 4.69) is 4.90 Å². The van der Waals surface area contributed by atoms with Gasteiger partial charge in [-0.25, -0.2) is 0 Å². The molecule has 1 aliphatic heterocycles. The maximum Gasteiger partial charge on any atom is 0.0463 e. The SMILES string of the molecule is ClC1CCCN(C2CCCCC2)C1.